The highest BCUT2D eigenvalue weighted by molar-refractivity contribution is 7.18. The summed E-state index contributed by atoms with van der Waals surface area (Å²) in [5.41, 5.74) is 0. The molecule has 4 nitrogen and oxygen atoms in total. The van der Waals surface area contributed by atoms with Crippen LogP contribution >= 0.6 is 22.7 Å². The zero-order valence-electron chi connectivity index (χ0n) is 12.5. The zero-order chi connectivity index (χ0) is 15.0. The molecule has 0 saturated heterocycles. The van der Waals surface area contributed by atoms with Crippen LogP contribution in [0, 0.1) is 6.92 Å². The number of hydrogen-bond donors (Lipinski definition) is 1. The highest BCUT2D eigenvalue weighted by Crippen LogP contribution is 2.35. The fraction of sp³-hybridized carbons (Fsp3) is 0.333. The van der Waals surface area contributed by atoms with Crippen LogP contribution in [-0.4, -0.2) is 24.1 Å². The summed E-state index contributed by atoms with van der Waals surface area (Å²) in [6, 6.07) is 6.72. The summed E-state index contributed by atoms with van der Waals surface area (Å²) in [7, 11) is 3.95. The van der Waals surface area contributed by atoms with Crippen molar-refractivity contribution >= 4 is 44.7 Å². The lowest BCUT2D eigenvalue weighted by atomic mass is 10.2. The van der Waals surface area contributed by atoms with E-state index in [1.54, 1.807) is 22.7 Å². The molecule has 1 unspecified atom stereocenters. The monoisotopic (exact) mass is 318 g/mol. The van der Waals surface area contributed by atoms with E-state index >= 15 is 0 Å². The predicted molar refractivity (Wildman–Crippen MR) is 92.8 cm³/mol. The second-order valence-corrected chi connectivity index (χ2v) is 7.21. The lowest BCUT2D eigenvalue weighted by Gasteiger charge is -2.26. The van der Waals surface area contributed by atoms with Crippen molar-refractivity contribution < 1.29 is 0 Å². The molecule has 3 aromatic heterocycles. The molecular weight excluding hydrogens is 300 g/mol. The van der Waals surface area contributed by atoms with Crippen molar-refractivity contribution in [3.05, 3.63) is 33.3 Å². The molecule has 3 aromatic rings. The quantitative estimate of drug-likeness (QED) is 0.778. The highest BCUT2D eigenvalue weighted by atomic mass is 32.1. The molecule has 110 valence electrons. The Bertz CT molecular complexity index is 748. The third kappa shape index (κ3) is 2.61. The number of thiophene rings is 2. The van der Waals surface area contributed by atoms with Crippen LogP contribution in [0.1, 0.15) is 22.7 Å². The van der Waals surface area contributed by atoms with E-state index < -0.39 is 0 Å². The lowest BCUT2D eigenvalue weighted by Crippen LogP contribution is -2.22. The Morgan fingerprint density at radius 1 is 1.33 bits per heavy atom. The number of rotatable bonds is 4. The first-order valence-corrected chi connectivity index (χ1v) is 8.52. The molecule has 0 amide bonds. The topological polar surface area (TPSA) is 41.1 Å². The molecular formula is C15H18N4S2. The van der Waals surface area contributed by atoms with Gasteiger partial charge in [-0.05, 0) is 31.4 Å². The Labute approximate surface area is 132 Å². The van der Waals surface area contributed by atoms with Crippen molar-refractivity contribution in [2.75, 3.05) is 24.3 Å². The van der Waals surface area contributed by atoms with Gasteiger partial charge in [0.1, 0.15) is 10.6 Å². The van der Waals surface area contributed by atoms with Gasteiger partial charge in [0, 0.05) is 23.8 Å². The predicted octanol–water partition coefficient (Wildman–Crippen LogP) is 4.30. The normalized spacial score (nSPS) is 12.6. The minimum atomic E-state index is 0.285. The van der Waals surface area contributed by atoms with Crippen LogP contribution in [0.25, 0.3) is 10.2 Å². The van der Waals surface area contributed by atoms with Crippen LogP contribution in [0.5, 0.6) is 0 Å². The smallest absolute Gasteiger partial charge is 0.225 e. The van der Waals surface area contributed by atoms with Crippen LogP contribution in [0.4, 0.5) is 11.8 Å². The summed E-state index contributed by atoms with van der Waals surface area (Å²) in [6.07, 6.45) is 0. The van der Waals surface area contributed by atoms with E-state index in [9.17, 15) is 0 Å². The fourth-order valence-electron chi connectivity index (χ4n) is 2.31. The average Bonchev–Trinajstić information content (AvgIpc) is 3.12. The average molecular weight is 318 g/mol. The molecule has 0 aliphatic carbocycles. The first kappa shape index (κ1) is 14.3. The maximum absolute atomic E-state index is 4.68. The molecule has 0 spiro atoms. The van der Waals surface area contributed by atoms with Crippen molar-refractivity contribution in [2.45, 2.75) is 19.9 Å². The molecule has 0 aliphatic heterocycles. The van der Waals surface area contributed by atoms with Crippen LogP contribution < -0.4 is 10.2 Å². The van der Waals surface area contributed by atoms with E-state index in [4.69, 9.17) is 0 Å². The Kier molecular flexibility index (Phi) is 3.82. The van der Waals surface area contributed by atoms with Crippen molar-refractivity contribution in [1.29, 1.82) is 0 Å². The Morgan fingerprint density at radius 3 is 2.81 bits per heavy atom. The molecule has 0 radical (unpaired) electrons. The van der Waals surface area contributed by atoms with Crippen LogP contribution in [-0.2, 0) is 0 Å². The molecule has 3 rings (SSSR count). The number of anilines is 2. The van der Waals surface area contributed by atoms with E-state index in [0.29, 0.717) is 5.95 Å². The maximum Gasteiger partial charge on any atom is 0.225 e. The van der Waals surface area contributed by atoms with Crippen molar-refractivity contribution in [1.82, 2.24) is 9.97 Å². The number of fused-ring (bicyclic) bond motifs is 1. The Hall–Kier alpha value is -1.66. The third-order valence-corrected chi connectivity index (χ3v) is 5.58. The summed E-state index contributed by atoms with van der Waals surface area (Å²) in [6.45, 7) is 4.32. The van der Waals surface area contributed by atoms with Gasteiger partial charge in [0.15, 0.2) is 0 Å². The van der Waals surface area contributed by atoms with E-state index in [-0.39, 0.29) is 6.04 Å². The van der Waals surface area contributed by atoms with Gasteiger partial charge in [-0.15, -0.1) is 22.7 Å². The lowest BCUT2D eigenvalue weighted by molar-refractivity contribution is 0.745. The van der Waals surface area contributed by atoms with Crippen LogP contribution in [0.3, 0.4) is 0 Å². The summed E-state index contributed by atoms with van der Waals surface area (Å²) < 4.78 is 0. The van der Waals surface area contributed by atoms with E-state index in [0.717, 1.165) is 16.0 Å². The molecule has 1 atom stereocenters. The number of nitrogens with one attached hydrogen (secondary N) is 1. The zero-order valence-corrected chi connectivity index (χ0v) is 14.2. The number of hydrogen-bond acceptors (Lipinski definition) is 6. The van der Waals surface area contributed by atoms with E-state index in [1.165, 1.54) is 9.75 Å². The number of nitrogens with zero attached hydrogens (tertiary/aromatic N) is 3. The SMILES string of the molecule is CNc1nc(N(C)C(C)c2cccs2)c2cc(C)sc2n1. The van der Waals surface area contributed by atoms with Crippen molar-refractivity contribution in [3.8, 4) is 0 Å². The van der Waals surface area contributed by atoms with Gasteiger partial charge in [-0.2, -0.15) is 4.98 Å². The van der Waals surface area contributed by atoms with Gasteiger partial charge < -0.3 is 10.2 Å². The number of aryl methyl sites for hydroxylation is 1. The second kappa shape index (κ2) is 5.61. The van der Waals surface area contributed by atoms with E-state index in [1.807, 2.05) is 7.05 Å². The highest BCUT2D eigenvalue weighted by Gasteiger charge is 2.19. The Morgan fingerprint density at radius 2 is 2.14 bits per heavy atom. The first-order valence-electron chi connectivity index (χ1n) is 6.82. The van der Waals surface area contributed by atoms with Gasteiger partial charge in [0.2, 0.25) is 5.95 Å². The summed E-state index contributed by atoms with van der Waals surface area (Å²) in [4.78, 5) is 15.1. The van der Waals surface area contributed by atoms with Crippen molar-refractivity contribution in [2.24, 2.45) is 0 Å². The third-order valence-electron chi connectivity index (χ3n) is 3.59. The fourth-order valence-corrected chi connectivity index (χ4v) is 4.01. The molecule has 0 fully saturated rings. The molecule has 0 aliphatic rings. The van der Waals surface area contributed by atoms with Gasteiger partial charge in [-0.1, -0.05) is 6.07 Å². The second-order valence-electron chi connectivity index (χ2n) is 5.00. The summed E-state index contributed by atoms with van der Waals surface area (Å²) in [5.74, 6) is 1.65. The minimum absolute atomic E-state index is 0.285. The van der Waals surface area contributed by atoms with Gasteiger partial charge in [0.05, 0.1) is 11.4 Å². The largest absolute Gasteiger partial charge is 0.357 e. The molecule has 3 heterocycles. The number of aromatic nitrogens is 2. The van der Waals surface area contributed by atoms with E-state index in [2.05, 4.69) is 64.7 Å². The molecule has 0 aromatic carbocycles. The van der Waals surface area contributed by atoms with Gasteiger partial charge in [-0.25, -0.2) is 4.98 Å². The molecule has 0 bridgehead atoms. The van der Waals surface area contributed by atoms with Crippen LogP contribution in [0.15, 0.2) is 23.6 Å². The van der Waals surface area contributed by atoms with Gasteiger partial charge in [0.25, 0.3) is 0 Å². The molecule has 1 N–H and O–H groups in total. The van der Waals surface area contributed by atoms with Gasteiger partial charge >= 0.3 is 0 Å². The Balaban J connectivity index is 2.09. The van der Waals surface area contributed by atoms with Crippen molar-refractivity contribution in [3.63, 3.8) is 0 Å². The van der Waals surface area contributed by atoms with Gasteiger partial charge in [-0.3, -0.25) is 0 Å². The maximum atomic E-state index is 4.68. The molecule has 6 heteroatoms. The summed E-state index contributed by atoms with van der Waals surface area (Å²) in [5, 5.41) is 6.30. The van der Waals surface area contributed by atoms with Crippen LogP contribution in [0.2, 0.25) is 0 Å². The summed E-state index contributed by atoms with van der Waals surface area (Å²) >= 11 is 3.48. The molecule has 0 saturated carbocycles. The first-order chi connectivity index (χ1) is 10.1. The minimum Gasteiger partial charge on any atom is -0.357 e. The molecule has 21 heavy (non-hydrogen) atoms. The standard InChI is InChI=1S/C15H18N4S2/c1-9-8-11-13(17-15(16-3)18-14(11)21-9)19(4)10(2)12-6-5-7-20-12/h5-8,10H,1-4H3,(H,16,17,18).